The van der Waals surface area contributed by atoms with Crippen molar-refractivity contribution in [2.45, 2.75) is 25.5 Å². The van der Waals surface area contributed by atoms with Crippen LogP contribution in [0.15, 0.2) is 24.3 Å². The number of nitrogens with zero attached hydrogens (tertiary/aromatic N) is 1. The highest BCUT2D eigenvalue weighted by molar-refractivity contribution is 8.01. The number of rotatable bonds is 6. The molecule has 2 N–H and O–H groups in total. The first-order valence-corrected chi connectivity index (χ1v) is 9.15. The number of carbonyl (C=O) groups is 2. The van der Waals surface area contributed by atoms with Gasteiger partial charge in [0.1, 0.15) is 0 Å². The lowest BCUT2D eigenvalue weighted by Gasteiger charge is -2.29. The van der Waals surface area contributed by atoms with Crippen LogP contribution in [-0.2, 0) is 16.0 Å². The molecule has 1 aliphatic heterocycles. The van der Waals surface area contributed by atoms with Crippen LogP contribution < -0.4 is 10.6 Å². The van der Waals surface area contributed by atoms with E-state index < -0.39 is 0 Å². The number of carbonyl (C=O) groups excluding carboxylic acids is 2. The SMILES string of the molecule is CCc1ccc(NC(=O)CSC(C)C(=O)N2CCNCC2)cc1. The molecule has 5 nitrogen and oxygen atoms in total. The summed E-state index contributed by atoms with van der Waals surface area (Å²) in [5, 5.41) is 5.91. The molecule has 1 unspecified atom stereocenters. The second-order valence-corrected chi connectivity index (χ2v) is 6.96. The van der Waals surface area contributed by atoms with Crippen molar-refractivity contribution in [1.82, 2.24) is 10.2 Å². The number of anilines is 1. The maximum Gasteiger partial charge on any atom is 0.235 e. The first-order chi connectivity index (χ1) is 11.1. The molecule has 1 aromatic rings. The van der Waals surface area contributed by atoms with Crippen LogP contribution >= 0.6 is 11.8 Å². The Morgan fingerprint density at radius 2 is 1.91 bits per heavy atom. The lowest BCUT2D eigenvalue weighted by Crippen LogP contribution is -2.48. The van der Waals surface area contributed by atoms with Gasteiger partial charge in [0.15, 0.2) is 0 Å². The van der Waals surface area contributed by atoms with Crippen LogP contribution in [0, 0.1) is 0 Å². The molecule has 6 heteroatoms. The van der Waals surface area contributed by atoms with E-state index in [9.17, 15) is 9.59 Å². The lowest BCUT2D eigenvalue weighted by molar-refractivity contribution is -0.130. The van der Waals surface area contributed by atoms with Crippen molar-refractivity contribution in [3.05, 3.63) is 29.8 Å². The molecule has 0 radical (unpaired) electrons. The van der Waals surface area contributed by atoms with Crippen molar-refractivity contribution in [2.24, 2.45) is 0 Å². The monoisotopic (exact) mass is 335 g/mol. The van der Waals surface area contributed by atoms with E-state index in [1.807, 2.05) is 36.1 Å². The number of hydrogen-bond acceptors (Lipinski definition) is 4. The van der Waals surface area contributed by atoms with Gasteiger partial charge in [-0.3, -0.25) is 9.59 Å². The fourth-order valence-electron chi connectivity index (χ4n) is 2.44. The fraction of sp³-hybridized carbons (Fsp3) is 0.529. The number of nitrogens with one attached hydrogen (secondary N) is 2. The van der Waals surface area contributed by atoms with E-state index in [0.717, 1.165) is 38.3 Å². The second-order valence-electron chi connectivity index (χ2n) is 5.63. The van der Waals surface area contributed by atoms with Crippen LogP contribution in [0.1, 0.15) is 19.4 Å². The zero-order valence-corrected chi connectivity index (χ0v) is 14.6. The van der Waals surface area contributed by atoms with E-state index in [0.29, 0.717) is 0 Å². The minimum Gasteiger partial charge on any atom is -0.339 e. The van der Waals surface area contributed by atoms with Crippen molar-refractivity contribution in [3.63, 3.8) is 0 Å². The molecule has 1 fully saturated rings. The highest BCUT2D eigenvalue weighted by atomic mass is 32.2. The lowest BCUT2D eigenvalue weighted by atomic mass is 10.1. The molecule has 2 amide bonds. The minimum atomic E-state index is -0.193. The average Bonchev–Trinajstić information content (AvgIpc) is 2.60. The molecule has 1 aromatic carbocycles. The molecule has 0 saturated carbocycles. The first-order valence-electron chi connectivity index (χ1n) is 8.10. The van der Waals surface area contributed by atoms with Crippen molar-refractivity contribution in [2.75, 3.05) is 37.2 Å². The molecule has 23 heavy (non-hydrogen) atoms. The van der Waals surface area contributed by atoms with Gasteiger partial charge in [-0.1, -0.05) is 19.1 Å². The maximum atomic E-state index is 12.3. The largest absolute Gasteiger partial charge is 0.339 e. The predicted molar refractivity (Wildman–Crippen MR) is 95.8 cm³/mol. The molecule has 1 saturated heterocycles. The van der Waals surface area contributed by atoms with Crippen LogP contribution in [0.2, 0.25) is 0 Å². The van der Waals surface area contributed by atoms with Crippen molar-refractivity contribution < 1.29 is 9.59 Å². The zero-order chi connectivity index (χ0) is 16.7. The number of amides is 2. The molecule has 0 aromatic heterocycles. The topological polar surface area (TPSA) is 61.4 Å². The molecular weight excluding hydrogens is 310 g/mol. The summed E-state index contributed by atoms with van der Waals surface area (Å²) in [5.41, 5.74) is 2.04. The smallest absolute Gasteiger partial charge is 0.235 e. The Balaban J connectivity index is 1.75. The third-order valence-electron chi connectivity index (χ3n) is 3.89. The van der Waals surface area contributed by atoms with E-state index in [1.165, 1.54) is 17.3 Å². The molecule has 1 aliphatic rings. The summed E-state index contributed by atoms with van der Waals surface area (Å²) in [7, 11) is 0. The summed E-state index contributed by atoms with van der Waals surface area (Å²) in [5.74, 6) is 0.338. The first kappa shape index (κ1) is 17.8. The van der Waals surface area contributed by atoms with Crippen LogP contribution in [0.4, 0.5) is 5.69 Å². The minimum absolute atomic E-state index is 0.0702. The Labute approximate surface area is 142 Å². The summed E-state index contributed by atoms with van der Waals surface area (Å²) >= 11 is 1.39. The van der Waals surface area contributed by atoms with E-state index in [-0.39, 0.29) is 22.8 Å². The van der Waals surface area contributed by atoms with Gasteiger partial charge in [0.05, 0.1) is 11.0 Å². The van der Waals surface area contributed by atoms with Crippen LogP contribution in [0.25, 0.3) is 0 Å². The standard InChI is InChI=1S/C17H25N3O2S/c1-3-14-4-6-15(7-5-14)19-16(21)12-23-13(2)17(22)20-10-8-18-9-11-20/h4-7,13,18H,3,8-12H2,1-2H3,(H,19,21). The molecule has 1 heterocycles. The molecule has 1 atom stereocenters. The number of thioether (sulfide) groups is 1. The van der Waals surface area contributed by atoms with Gasteiger partial charge in [-0.15, -0.1) is 11.8 Å². The van der Waals surface area contributed by atoms with Gasteiger partial charge in [0.2, 0.25) is 11.8 Å². The molecule has 0 bridgehead atoms. The highest BCUT2D eigenvalue weighted by Crippen LogP contribution is 2.15. The summed E-state index contributed by atoms with van der Waals surface area (Å²) in [6, 6.07) is 7.85. The van der Waals surface area contributed by atoms with Gasteiger partial charge in [0.25, 0.3) is 0 Å². The van der Waals surface area contributed by atoms with Crippen LogP contribution in [-0.4, -0.2) is 53.9 Å². The summed E-state index contributed by atoms with van der Waals surface area (Å²) in [6.07, 6.45) is 0.982. The van der Waals surface area contributed by atoms with Crippen molar-refractivity contribution >= 4 is 29.3 Å². The summed E-state index contributed by atoms with van der Waals surface area (Å²) in [6.45, 7) is 7.16. The number of piperazine rings is 1. The molecule has 126 valence electrons. The summed E-state index contributed by atoms with van der Waals surface area (Å²) < 4.78 is 0. The molecule has 0 aliphatic carbocycles. The Morgan fingerprint density at radius 1 is 1.26 bits per heavy atom. The fourth-order valence-corrected chi connectivity index (χ4v) is 3.20. The van der Waals surface area contributed by atoms with E-state index in [2.05, 4.69) is 17.6 Å². The van der Waals surface area contributed by atoms with E-state index in [1.54, 1.807) is 0 Å². The Hall–Kier alpha value is -1.53. The van der Waals surface area contributed by atoms with Gasteiger partial charge >= 0.3 is 0 Å². The Kier molecular flexibility index (Phi) is 6.92. The predicted octanol–water partition coefficient (Wildman–Crippen LogP) is 1.74. The van der Waals surface area contributed by atoms with Crippen molar-refractivity contribution in [3.8, 4) is 0 Å². The maximum absolute atomic E-state index is 12.3. The second kappa shape index (κ2) is 8.93. The normalized spacial score (nSPS) is 16.0. The molecule has 0 spiro atoms. The summed E-state index contributed by atoms with van der Waals surface area (Å²) in [4.78, 5) is 26.2. The average molecular weight is 335 g/mol. The van der Waals surface area contributed by atoms with Crippen molar-refractivity contribution in [1.29, 1.82) is 0 Å². The number of hydrogen-bond donors (Lipinski definition) is 2. The van der Waals surface area contributed by atoms with Crippen LogP contribution in [0.3, 0.4) is 0 Å². The Morgan fingerprint density at radius 3 is 2.52 bits per heavy atom. The quantitative estimate of drug-likeness (QED) is 0.831. The van der Waals surface area contributed by atoms with Gasteiger partial charge in [-0.25, -0.2) is 0 Å². The van der Waals surface area contributed by atoms with E-state index >= 15 is 0 Å². The Bertz CT molecular complexity index is 527. The molecule has 2 rings (SSSR count). The zero-order valence-electron chi connectivity index (χ0n) is 13.8. The molecular formula is C17H25N3O2S. The van der Waals surface area contributed by atoms with Crippen LogP contribution in [0.5, 0.6) is 0 Å². The number of benzene rings is 1. The van der Waals surface area contributed by atoms with E-state index in [4.69, 9.17) is 0 Å². The third-order valence-corrected chi connectivity index (χ3v) is 5.02. The highest BCUT2D eigenvalue weighted by Gasteiger charge is 2.22. The van der Waals surface area contributed by atoms with Gasteiger partial charge in [-0.05, 0) is 31.0 Å². The third kappa shape index (κ3) is 5.55. The van der Waals surface area contributed by atoms with Gasteiger partial charge in [-0.2, -0.15) is 0 Å². The van der Waals surface area contributed by atoms with Gasteiger partial charge in [0, 0.05) is 31.9 Å². The van der Waals surface area contributed by atoms with Gasteiger partial charge < -0.3 is 15.5 Å². The number of aryl methyl sites for hydroxylation is 1.